The minimum absolute atomic E-state index is 0.203. The molecule has 0 atom stereocenters. The molecule has 0 heterocycles. The summed E-state index contributed by atoms with van der Waals surface area (Å²) in [5.41, 5.74) is 1.51. The molecular formula is C16H10FNO2. The molecule has 0 saturated carbocycles. The van der Waals surface area contributed by atoms with Crippen LogP contribution in [0.4, 0.5) is 4.39 Å². The van der Waals surface area contributed by atoms with Gasteiger partial charge in [0.15, 0.2) is 17.3 Å². The quantitative estimate of drug-likeness (QED) is 0.685. The number of phenols is 1. The lowest BCUT2D eigenvalue weighted by Gasteiger charge is -1.98. The van der Waals surface area contributed by atoms with Gasteiger partial charge in [-0.25, -0.2) is 4.39 Å². The number of carbonyl (C=O) groups is 1. The summed E-state index contributed by atoms with van der Waals surface area (Å²) in [6.45, 7) is 0. The van der Waals surface area contributed by atoms with Crippen LogP contribution in [-0.4, -0.2) is 10.9 Å². The second-order valence-electron chi connectivity index (χ2n) is 4.10. The molecule has 20 heavy (non-hydrogen) atoms. The van der Waals surface area contributed by atoms with Crippen molar-refractivity contribution in [2.45, 2.75) is 0 Å². The van der Waals surface area contributed by atoms with Gasteiger partial charge in [-0.2, -0.15) is 5.26 Å². The topological polar surface area (TPSA) is 61.1 Å². The van der Waals surface area contributed by atoms with Gasteiger partial charge in [-0.15, -0.1) is 0 Å². The Balaban J connectivity index is 2.15. The number of allylic oxidation sites excluding steroid dienone is 1. The van der Waals surface area contributed by atoms with Gasteiger partial charge in [0.05, 0.1) is 11.6 Å². The van der Waals surface area contributed by atoms with Crippen LogP contribution in [0.15, 0.2) is 48.5 Å². The van der Waals surface area contributed by atoms with Gasteiger partial charge in [0.25, 0.3) is 0 Å². The average Bonchev–Trinajstić information content (AvgIpc) is 2.48. The number of halogens is 1. The SMILES string of the molecule is N#Cc1ccc(/C=C/C(=O)c2ccc(F)c(O)c2)cc1. The van der Waals surface area contributed by atoms with Crippen molar-refractivity contribution in [3.63, 3.8) is 0 Å². The van der Waals surface area contributed by atoms with Crippen molar-refractivity contribution >= 4 is 11.9 Å². The molecule has 0 amide bonds. The van der Waals surface area contributed by atoms with Crippen LogP contribution in [-0.2, 0) is 0 Å². The molecule has 0 spiro atoms. The maximum Gasteiger partial charge on any atom is 0.185 e. The van der Waals surface area contributed by atoms with E-state index in [-0.39, 0.29) is 11.3 Å². The number of phenolic OH excluding ortho intramolecular Hbond substituents is 1. The van der Waals surface area contributed by atoms with Crippen LogP contribution >= 0.6 is 0 Å². The van der Waals surface area contributed by atoms with Crippen molar-refractivity contribution in [1.82, 2.24) is 0 Å². The molecule has 0 aliphatic rings. The van der Waals surface area contributed by atoms with Crippen LogP contribution < -0.4 is 0 Å². The molecule has 1 N–H and O–H groups in total. The number of carbonyl (C=O) groups excluding carboxylic acids is 1. The third-order valence-corrected chi connectivity index (χ3v) is 2.70. The van der Waals surface area contributed by atoms with E-state index < -0.39 is 11.6 Å². The van der Waals surface area contributed by atoms with Crippen molar-refractivity contribution in [3.05, 3.63) is 71.0 Å². The predicted molar refractivity (Wildman–Crippen MR) is 72.6 cm³/mol. The maximum absolute atomic E-state index is 12.9. The zero-order valence-corrected chi connectivity index (χ0v) is 10.4. The Bertz CT molecular complexity index is 712. The number of rotatable bonds is 3. The minimum Gasteiger partial charge on any atom is -0.505 e. The van der Waals surface area contributed by atoms with Crippen molar-refractivity contribution < 1.29 is 14.3 Å². The summed E-state index contributed by atoms with van der Waals surface area (Å²) in [5.74, 6) is -1.66. The molecule has 4 heteroatoms. The molecule has 0 radical (unpaired) electrons. The zero-order valence-electron chi connectivity index (χ0n) is 10.4. The van der Waals surface area contributed by atoms with E-state index in [4.69, 9.17) is 5.26 Å². The third-order valence-electron chi connectivity index (χ3n) is 2.70. The van der Waals surface area contributed by atoms with Crippen LogP contribution in [0, 0.1) is 17.1 Å². The Morgan fingerprint density at radius 3 is 2.50 bits per heavy atom. The standard InChI is InChI=1S/C16H10FNO2/c17-14-7-6-13(9-16(14)20)15(19)8-5-11-1-3-12(10-18)4-2-11/h1-9,20H/b8-5+. The van der Waals surface area contributed by atoms with Crippen LogP contribution in [0.3, 0.4) is 0 Å². The summed E-state index contributed by atoms with van der Waals surface area (Å²) >= 11 is 0. The molecule has 0 bridgehead atoms. The third kappa shape index (κ3) is 3.09. The van der Waals surface area contributed by atoms with Crippen molar-refractivity contribution in [1.29, 1.82) is 5.26 Å². The fourth-order valence-electron chi connectivity index (χ4n) is 1.60. The first-order valence-corrected chi connectivity index (χ1v) is 5.81. The first-order chi connectivity index (χ1) is 9.60. The fourth-order valence-corrected chi connectivity index (χ4v) is 1.60. The first-order valence-electron chi connectivity index (χ1n) is 5.81. The van der Waals surface area contributed by atoms with Crippen molar-refractivity contribution in [2.75, 3.05) is 0 Å². The molecule has 0 aliphatic heterocycles. The van der Waals surface area contributed by atoms with Gasteiger partial charge < -0.3 is 5.11 Å². The van der Waals surface area contributed by atoms with E-state index in [1.807, 2.05) is 6.07 Å². The molecule has 0 unspecified atom stereocenters. The second-order valence-corrected chi connectivity index (χ2v) is 4.10. The fraction of sp³-hybridized carbons (Fsp3) is 0. The van der Waals surface area contributed by atoms with Crippen molar-refractivity contribution in [2.24, 2.45) is 0 Å². The minimum atomic E-state index is -0.766. The highest BCUT2D eigenvalue weighted by molar-refractivity contribution is 6.07. The van der Waals surface area contributed by atoms with Gasteiger partial charge >= 0.3 is 0 Å². The van der Waals surface area contributed by atoms with Crippen LogP contribution in [0.1, 0.15) is 21.5 Å². The molecule has 0 saturated heterocycles. The van der Waals surface area contributed by atoms with E-state index in [0.29, 0.717) is 5.56 Å². The number of ketones is 1. The van der Waals surface area contributed by atoms with Crippen molar-refractivity contribution in [3.8, 4) is 11.8 Å². The van der Waals surface area contributed by atoms with E-state index in [9.17, 15) is 14.3 Å². The lowest BCUT2D eigenvalue weighted by Crippen LogP contribution is -1.94. The Kier molecular flexibility index (Phi) is 3.92. The number of hydrogen-bond acceptors (Lipinski definition) is 3. The van der Waals surface area contributed by atoms with Crippen LogP contribution in [0.2, 0.25) is 0 Å². The molecule has 0 aliphatic carbocycles. The van der Waals surface area contributed by atoms with Gasteiger partial charge in [-0.1, -0.05) is 18.2 Å². The predicted octanol–water partition coefficient (Wildman–Crippen LogP) is 3.30. The summed E-state index contributed by atoms with van der Waals surface area (Å²) in [5, 5.41) is 17.9. The van der Waals surface area contributed by atoms with Gasteiger partial charge in [0.2, 0.25) is 0 Å². The largest absolute Gasteiger partial charge is 0.505 e. The number of nitriles is 1. The summed E-state index contributed by atoms with van der Waals surface area (Å²) in [4.78, 5) is 11.8. The smallest absolute Gasteiger partial charge is 0.185 e. The highest BCUT2D eigenvalue weighted by Crippen LogP contribution is 2.17. The molecular weight excluding hydrogens is 257 g/mol. The first kappa shape index (κ1) is 13.5. The molecule has 2 aromatic carbocycles. The summed E-state index contributed by atoms with van der Waals surface area (Å²) < 4.78 is 12.9. The number of nitrogens with zero attached hydrogens (tertiary/aromatic N) is 1. The Hall–Kier alpha value is -2.93. The Morgan fingerprint density at radius 2 is 1.90 bits per heavy atom. The molecule has 0 aromatic heterocycles. The van der Waals surface area contributed by atoms with E-state index in [1.165, 1.54) is 12.1 Å². The maximum atomic E-state index is 12.9. The van der Waals surface area contributed by atoms with Gasteiger partial charge in [-0.3, -0.25) is 4.79 Å². The average molecular weight is 267 g/mol. The molecule has 2 rings (SSSR count). The van der Waals surface area contributed by atoms with E-state index >= 15 is 0 Å². The van der Waals surface area contributed by atoms with Gasteiger partial charge in [0, 0.05) is 5.56 Å². The highest BCUT2D eigenvalue weighted by Gasteiger charge is 2.06. The van der Waals surface area contributed by atoms with Gasteiger partial charge in [0.1, 0.15) is 0 Å². The molecule has 2 aromatic rings. The van der Waals surface area contributed by atoms with Crippen LogP contribution in [0.5, 0.6) is 5.75 Å². The number of benzene rings is 2. The lowest BCUT2D eigenvalue weighted by atomic mass is 10.1. The highest BCUT2D eigenvalue weighted by atomic mass is 19.1. The molecule has 98 valence electrons. The summed E-state index contributed by atoms with van der Waals surface area (Å²) in [6.07, 6.45) is 2.91. The second kappa shape index (κ2) is 5.81. The molecule has 3 nitrogen and oxygen atoms in total. The monoisotopic (exact) mass is 267 g/mol. The Labute approximate surface area is 115 Å². The van der Waals surface area contributed by atoms with E-state index in [0.717, 1.165) is 17.7 Å². The Morgan fingerprint density at radius 1 is 1.20 bits per heavy atom. The van der Waals surface area contributed by atoms with E-state index in [2.05, 4.69) is 0 Å². The van der Waals surface area contributed by atoms with Gasteiger partial charge in [-0.05, 0) is 42.0 Å². The molecule has 0 fully saturated rings. The lowest BCUT2D eigenvalue weighted by molar-refractivity contribution is 0.104. The normalized spacial score (nSPS) is 10.4. The summed E-state index contributed by atoms with van der Waals surface area (Å²) in [7, 11) is 0. The zero-order chi connectivity index (χ0) is 14.5. The summed E-state index contributed by atoms with van der Waals surface area (Å²) in [6, 6.07) is 12.2. The van der Waals surface area contributed by atoms with E-state index in [1.54, 1.807) is 30.3 Å². The number of hydrogen-bond donors (Lipinski definition) is 1. The van der Waals surface area contributed by atoms with Crippen LogP contribution in [0.25, 0.3) is 6.08 Å². The number of aromatic hydroxyl groups is 1.